The van der Waals surface area contributed by atoms with Gasteiger partial charge in [0.15, 0.2) is 11.7 Å². The standard InChI is InChI=1S/C19H28N4O4/c1-18(2,3)27-17(24)23-13(9-15(20)22-23)11-6-7-12(8-11)16-21-10-14(26-16)19(4,5)25/h9-12,25H,6-8H2,1-5H3,(H2,20,22)/t11-,12+/m0/s1. The SMILES string of the molecule is CC(C)(C)OC(=O)n1nc(N)cc1[C@H]1CC[C@@H](c2ncc(C(C)(C)O)o2)C1. The second-order valence-electron chi connectivity index (χ2n) is 8.71. The number of rotatable bonds is 3. The number of anilines is 1. The highest BCUT2D eigenvalue weighted by Gasteiger charge is 2.35. The first kappa shape index (κ1) is 19.4. The quantitative estimate of drug-likeness (QED) is 0.842. The average Bonchev–Trinajstić information content (AvgIpc) is 3.22. The molecule has 1 aliphatic rings. The van der Waals surface area contributed by atoms with Crippen LogP contribution < -0.4 is 5.73 Å². The van der Waals surface area contributed by atoms with Gasteiger partial charge in [0, 0.05) is 17.9 Å². The van der Waals surface area contributed by atoms with E-state index in [1.165, 1.54) is 4.68 Å². The first-order valence-corrected chi connectivity index (χ1v) is 9.21. The van der Waals surface area contributed by atoms with Gasteiger partial charge in [0.1, 0.15) is 17.0 Å². The lowest BCUT2D eigenvalue weighted by Crippen LogP contribution is -2.29. The Kier molecular flexibility index (Phi) is 4.80. The smallest absolute Gasteiger partial charge is 0.435 e. The van der Waals surface area contributed by atoms with Crippen LogP contribution in [0.4, 0.5) is 10.6 Å². The number of nitrogens with two attached hydrogens (primary N) is 1. The van der Waals surface area contributed by atoms with Crippen LogP contribution in [0.3, 0.4) is 0 Å². The third-order valence-electron chi connectivity index (χ3n) is 4.65. The second kappa shape index (κ2) is 6.67. The fourth-order valence-electron chi connectivity index (χ4n) is 3.39. The Morgan fingerprint density at radius 1 is 1.30 bits per heavy atom. The van der Waals surface area contributed by atoms with Gasteiger partial charge in [-0.1, -0.05) is 0 Å². The Balaban J connectivity index is 1.78. The molecule has 1 saturated carbocycles. The fraction of sp³-hybridized carbons (Fsp3) is 0.632. The van der Waals surface area contributed by atoms with Crippen LogP contribution in [-0.4, -0.2) is 31.6 Å². The molecule has 27 heavy (non-hydrogen) atoms. The van der Waals surface area contributed by atoms with Crippen LogP contribution in [0.15, 0.2) is 16.7 Å². The van der Waals surface area contributed by atoms with E-state index in [-0.39, 0.29) is 11.8 Å². The zero-order valence-electron chi connectivity index (χ0n) is 16.5. The normalized spacial score (nSPS) is 20.8. The summed E-state index contributed by atoms with van der Waals surface area (Å²) < 4.78 is 12.5. The number of hydrogen-bond donors (Lipinski definition) is 2. The van der Waals surface area contributed by atoms with Crippen LogP contribution >= 0.6 is 0 Å². The summed E-state index contributed by atoms with van der Waals surface area (Å²) in [6.07, 6.45) is 3.54. The maximum Gasteiger partial charge on any atom is 0.435 e. The number of nitrogens with zero attached hydrogens (tertiary/aromatic N) is 3. The molecule has 148 valence electrons. The molecule has 0 saturated heterocycles. The van der Waals surface area contributed by atoms with Crippen molar-refractivity contribution in [1.29, 1.82) is 0 Å². The van der Waals surface area contributed by atoms with Crippen LogP contribution in [-0.2, 0) is 10.3 Å². The Morgan fingerprint density at radius 3 is 2.56 bits per heavy atom. The molecule has 0 spiro atoms. The minimum atomic E-state index is -1.06. The number of aromatic nitrogens is 3. The molecule has 0 aromatic carbocycles. The molecule has 2 aromatic heterocycles. The molecule has 0 amide bonds. The molecular weight excluding hydrogens is 348 g/mol. The van der Waals surface area contributed by atoms with E-state index in [0.29, 0.717) is 17.5 Å². The molecule has 1 fully saturated rings. The third-order valence-corrected chi connectivity index (χ3v) is 4.65. The van der Waals surface area contributed by atoms with Gasteiger partial charge >= 0.3 is 6.09 Å². The summed E-state index contributed by atoms with van der Waals surface area (Å²) in [5, 5.41) is 14.2. The van der Waals surface area contributed by atoms with Crippen molar-refractivity contribution < 1.29 is 19.1 Å². The molecule has 0 radical (unpaired) electrons. The number of hydrogen-bond acceptors (Lipinski definition) is 7. The summed E-state index contributed by atoms with van der Waals surface area (Å²) >= 11 is 0. The fourth-order valence-corrected chi connectivity index (χ4v) is 3.39. The van der Waals surface area contributed by atoms with Crippen molar-refractivity contribution in [2.24, 2.45) is 0 Å². The third kappa shape index (κ3) is 4.32. The summed E-state index contributed by atoms with van der Waals surface area (Å²) in [5.41, 5.74) is 4.92. The Hall–Kier alpha value is -2.35. The maximum absolute atomic E-state index is 12.5. The van der Waals surface area contributed by atoms with Crippen molar-refractivity contribution in [3.8, 4) is 0 Å². The topological polar surface area (TPSA) is 116 Å². The van der Waals surface area contributed by atoms with Crippen molar-refractivity contribution in [2.45, 2.75) is 76.9 Å². The predicted octanol–water partition coefficient (Wildman–Crippen LogP) is 3.52. The van der Waals surface area contributed by atoms with Crippen LogP contribution in [0.5, 0.6) is 0 Å². The lowest BCUT2D eigenvalue weighted by Gasteiger charge is -2.20. The number of oxazole rings is 1. The van der Waals surface area contributed by atoms with E-state index in [9.17, 15) is 9.90 Å². The van der Waals surface area contributed by atoms with Gasteiger partial charge in [0.2, 0.25) is 0 Å². The summed E-state index contributed by atoms with van der Waals surface area (Å²) in [5.74, 6) is 1.58. The molecule has 8 heteroatoms. The molecule has 0 unspecified atom stereocenters. The molecule has 0 aliphatic heterocycles. The Labute approximate surface area is 158 Å². The number of carbonyl (C=O) groups excluding carboxylic acids is 1. The molecule has 1 aliphatic carbocycles. The summed E-state index contributed by atoms with van der Waals surface area (Å²) in [4.78, 5) is 16.8. The zero-order chi connectivity index (χ0) is 20.0. The van der Waals surface area contributed by atoms with E-state index in [0.717, 1.165) is 25.0 Å². The number of aliphatic hydroxyl groups is 1. The van der Waals surface area contributed by atoms with Crippen molar-refractivity contribution in [1.82, 2.24) is 14.8 Å². The van der Waals surface area contributed by atoms with Gasteiger partial charge in [-0.2, -0.15) is 4.68 Å². The minimum Gasteiger partial charge on any atom is -0.442 e. The average molecular weight is 376 g/mol. The first-order valence-electron chi connectivity index (χ1n) is 9.21. The van der Waals surface area contributed by atoms with Crippen LogP contribution in [0.2, 0.25) is 0 Å². The largest absolute Gasteiger partial charge is 0.442 e. The Morgan fingerprint density at radius 2 is 1.96 bits per heavy atom. The van der Waals surface area contributed by atoms with Gasteiger partial charge in [-0.25, -0.2) is 9.78 Å². The predicted molar refractivity (Wildman–Crippen MR) is 99.4 cm³/mol. The molecule has 2 aromatic rings. The number of carbonyl (C=O) groups is 1. The molecule has 3 rings (SSSR count). The second-order valence-corrected chi connectivity index (χ2v) is 8.71. The number of ether oxygens (including phenoxy) is 1. The molecule has 0 bridgehead atoms. The highest BCUT2D eigenvalue weighted by atomic mass is 16.6. The molecule has 2 atom stereocenters. The summed E-state index contributed by atoms with van der Waals surface area (Å²) in [6.45, 7) is 8.76. The van der Waals surface area contributed by atoms with E-state index < -0.39 is 17.3 Å². The summed E-state index contributed by atoms with van der Waals surface area (Å²) in [7, 11) is 0. The van der Waals surface area contributed by atoms with Gasteiger partial charge in [-0.05, 0) is 53.9 Å². The highest BCUT2D eigenvalue weighted by molar-refractivity contribution is 5.71. The maximum atomic E-state index is 12.5. The van der Waals surface area contributed by atoms with Crippen molar-refractivity contribution >= 4 is 11.9 Å². The van der Waals surface area contributed by atoms with Crippen LogP contribution in [0, 0.1) is 0 Å². The van der Waals surface area contributed by atoms with E-state index >= 15 is 0 Å². The van der Waals surface area contributed by atoms with E-state index in [4.69, 9.17) is 14.9 Å². The first-order chi connectivity index (χ1) is 12.4. The van der Waals surface area contributed by atoms with Crippen LogP contribution in [0.25, 0.3) is 0 Å². The lowest BCUT2D eigenvalue weighted by atomic mass is 10.0. The number of nitrogen functional groups attached to an aromatic ring is 1. The monoisotopic (exact) mass is 376 g/mol. The molecule has 2 heterocycles. The minimum absolute atomic E-state index is 0.102. The van der Waals surface area contributed by atoms with E-state index in [1.807, 2.05) is 20.8 Å². The van der Waals surface area contributed by atoms with Gasteiger partial charge in [-0.3, -0.25) is 0 Å². The van der Waals surface area contributed by atoms with Gasteiger partial charge < -0.3 is 20.0 Å². The Bertz CT molecular complexity index is 826. The molecular formula is C19H28N4O4. The van der Waals surface area contributed by atoms with E-state index in [1.54, 1.807) is 26.1 Å². The highest BCUT2D eigenvalue weighted by Crippen LogP contribution is 2.44. The zero-order valence-corrected chi connectivity index (χ0v) is 16.5. The van der Waals surface area contributed by atoms with Gasteiger partial charge in [0.05, 0.1) is 11.9 Å². The van der Waals surface area contributed by atoms with Crippen molar-refractivity contribution in [3.63, 3.8) is 0 Å². The molecule has 3 N–H and O–H groups in total. The van der Waals surface area contributed by atoms with Crippen LogP contribution in [0.1, 0.15) is 83.1 Å². The van der Waals surface area contributed by atoms with Gasteiger partial charge in [-0.15, -0.1) is 5.10 Å². The summed E-state index contributed by atoms with van der Waals surface area (Å²) in [6, 6.07) is 1.73. The van der Waals surface area contributed by atoms with Crippen molar-refractivity contribution in [2.75, 3.05) is 5.73 Å². The molecule has 8 nitrogen and oxygen atoms in total. The van der Waals surface area contributed by atoms with E-state index in [2.05, 4.69) is 10.1 Å². The van der Waals surface area contributed by atoms with Crippen molar-refractivity contribution in [3.05, 3.63) is 29.6 Å². The lowest BCUT2D eigenvalue weighted by molar-refractivity contribution is 0.0504. The van der Waals surface area contributed by atoms with Gasteiger partial charge in [0.25, 0.3) is 0 Å².